The van der Waals surface area contributed by atoms with Crippen molar-refractivity contribution in [1.29, 1.82) is 0 Å². The Morgan fingerprint density at radius 1 is 1.00 bits per heavy atom. The van der Waals surface area contributed by atoms with E-state index in [0.29, 0.717) is 5.92 Å². The molecule has 1 atom stereocenters. The summed E-state index contributed by atoms with van der Waals surface area (Å²) in [6.45, 7) is 16.2. The summed E-state index contributed by atoms with van der Waals surface area (Å²) in [5.41, 5.74) is 2.57. The molecular formula is C15H26. The summed E-state index contributed by atoms with van der Waals surface area (Å²) < 4.78 is 0. The van der Waals surface area contributed by atoms with Crippen LogP contribution in [0.4, 0.5) is 0 Å². The quantitative estimate of drug-likeness (QED) is 0.567. The highest BCUT2D eigenvalue weighted by Gasteiger charge is 2.03. The van der Waals surface area contributed by atoms with E-state index in [1.54, 1.807) is 0 Å². The van der Waals surface area contributed by atoms with Crippen LogP contribution >= 0.6 is 0 Å². The fourth-order valence-corrected chi connectivity index (χ4v) is 1.03. The Balaban J connectivity index is 0. The molecule has 0 amide bonds. The van der Waals surface area contributed by atoms with Crippen molar-refractivity contribution in [2.75, 3.05) is 0 Å². The van der Waals surface area contributed by atoms with Crippen LogP contribution in [0.15, 0.2) is 42.5 Å². The Kier molecular flexibility index (Phi) is 12.1. The van der Waals surface area contributed by atoms with Gasteiger partial charge >= 0.3 is 0 Å². The number of hydrogen-bond acceptors (Lipinski definition) is 0. The van der Waals surface area contributed by atoms with Crippen LogP contribution in [-0.2, 0) is 0 Å². The summed E-state index contributed by atoms with van der Waals surface area (Å²) in [5, 5.41) is 0. The molecule has 0 aliphatic rings. The average Bonchev–Trinajstić information content (AvgIpc) is 2.34. The van der Waals surface area contributed by atoms with E-state index in [1.165, 1.54) is 11.1 Å². The summed E-state index contributed by atoms with van der Waals surface area (Å²) in [5.74, 6) is 0.483. The molecule has 0 aromatic heterocycles. The molecule has 1 unspecified atom stereocenters. The number of hydrogen-bond donors (Lipinski definition) is 0. The first kappa shape index (κ1) is 16.4. The second kappa shape index (κ2) is 11.0. The van der Waals surface area contributed by atoms with Crippen molar-refractivity contribution in [3.63, 3.8) is 0 Å². The van der Waals surface area contributed by atoms with Gasteiger partial charge in [-0.25, -0.2) is 0 Å². The van der Waals surface area contributed by atoms with Crippen molar-refractivity contribution in [2.45, 2.75) is 47.5 Å². The zero-order chi connectivity index (χ0) is 12.3. The highest BCUT2D eigenvalue weighted by molar-refractivity contribution is 5.25. The second-order valence-corrected chi connectivity index (χ2v) is 2.98. The zero-order valence-electron chi connectivity index (χ0n) is 11.2. The Hall–Kier alpha value is -1.04. The summed E-state index contributed by atoms with van der Waals surface area (Å²) in [4.78, 5) is 0. The van der Waals surface area contributed by atoms with Crippen molar-refractivity contribution in [2.24, 2.45) is 0 Å². The molecule has 0 spiro atoms. The maximum Gasteiger partial charge on any atom is 0.00143 e. The predicted molar refractivity (Wildman–Crippen MR) is 72.4 cm³/mol. The monoisotopic (exact) mass is 206 g/mol. The van der Waals surface area contributed by atoms with E-state index >= 15 is 0 Å². The van der Waals surface area contributed by atoms with Crippen LogP contribution in [0, 0.1) is 0 Å². The minimum atomic E-state index is 0.483. The fraction of sp³-hybridized carbons (Fsp3) is 0.467. The van der Waals surface area contributed by atoms with Crippen molar-refractivity contribution in [3.8, 4) is 0 Å². The molecule has 0 bridgehead atoms. The fourth-order valence-electron chi connectivity index (χ4n) is 1.03. The van der Waals surface area contributed by atoms with Crippen LogP contribution in [0.2, 0.25) is 0 Å². The predicted octanol–water partition coefficient (Wildman–Crippen LogP) is 5.42. The second-order valence-electron chi connectivity index (χ2n) is 2.98. The Labute approximate surface area is 96.0 Å². The molecule has 0 fully saturated rings. The first-order valence-electron chi connectivity index (χ1n) is 5.92. The van der Waals surface area contributed by atoms with Crippen LogP contribution in [0.1, 0.15) is 53.0 Å². The molecule has 0 aliphatic carbocycles. The smallest absolute Gasteiger partial charge is 0.00143 e. The highest BCUT2D eigenvalue weighted by atomic mass is 14.1. The topological polar surface area (TPSA) is 0 Å². The van der Waals surface area contributed by atoms with Gasteiger partial charge in [0.25, 0.3) is 0 Å². The Morgan fingerprint density at radius 3 is 1.73 bits per heavy atom. The molecule has 0 heteroatoms. The largest absolute Gasteiger partial charge is 0.0995 e. The third-order valence-electron chi connectivity index (χ3n) is 2.04. The van der Waals surface area contributed by atoms with Crippen molar-refractivity contribution in [1.82, 2.24) is 0 Å². The molecular weight excluding hydrogens is 180 g/mol. The van der Waals surface area contributed by atoms with Crippen LogP contribution in [0.3, 0.4) is 0 Å². The van der Waals surface area contributed by atoms with Crippen molar-refractivity contribution >= 4 is 0 Å². The number of rotatable bonds is 2. The van der Waals surface area contributed by atoms with Crippen LogP contribution in [0.25, 0.3) is 0 Å². The Bertz CT molecular complexity index is 233. The first-order valence-corrected chi connectivity index (χ1v) is 5.92. The molecule has 0 saturated heterocycles. The van der Waals surface area contributed by atoms with Gasteiger partial charge in [0.2, 0.25) is 0 Å². The van der Waals surface area contributed by atoms with Crippen LogP contribution in [0.5, 0.6) is 0 Å². The van der Waals surface area contributed by atoms with Crippen LogP contribution < -0.4 is 0 Å². The van der Waals surface area contributed by atoms with Crippen molar-refractivity contribution < 1.29 is 0 Å². The summed E-state index contributed by atoms with van der Waals surface area (Å²) >= 11 is 0. The molecule has 15 heavy (non-hydrogen) atoms. The number of benzene rings is 1. The lowest BCUT2D eigenvalue weighted by Crippen LogP contribution is -1.92. The lowest BCUT2D eigenvalue weighted by molar-refractivity contribution is 0.899. The van der Waals surface area contributed by atoms with Gasteiger partial charge in [-0.2, -0.15) is 0 Å². The molecule has 1 aromatic carbocycles. The van der Waals surface area contributed by atoms with E-state index in [-0.39, 0.29) is 0 Å². The molecule has 1 rings (SSSR count). The maximum atomic E-state index is 3.93. The minimum absolute atomic E-state index is 0.483. The van der Waals surface area contributed by atoms with Gasteiger partial charge in [0.05, 0.1) is 0 Å². The molecule has 0 N–H and O–H groups in total. The average molecular weight is 206 g/mol. The highest BCUT2D eigenvalue weighted by Crippen LogP contribution is 2.20. The summed E-state index contributed by atoms with van der Waals surface area (Å²) in [7, 11) is 0. The maximum absolute atomic E-state index is 3.93. The standard InChI is InChI=1S/C11H14.2C2H6/c1-9(2)10(3)11-7-5-4-6-8-11;2*1-2/h4-8,10H,1H2,2-3H3;2*1-2H3. The normalized spacial score (nSPS) is 10.0. The van der Waals surface area contributed by atoms with Gasteiger partial charge in [-0.3, -0.25) is 0 Å². The lowest BCUT2D eigenvalue weighted by Gasteiger charge is -2.10. The van der Waals surface area contributed by atoms with Gasteiger partial charge in [0.15, 0.2) is 0 Å². The zero-order valence-corrected chi connectivity index (χ0v) is 11.2. The van der Waals surface area contributed by atoms with Gasteiger partial charge in [0.1, 0.15) is 0 Å². The van der Waals surface area contributed by atoms with Gasteiger partial charge in [-0.15, -0.1) is 0 Å². The lowest BCUT2D eigenvalue weighted by atomic mass is 9.95. The molecule has 0 heterocycles. The third-order valence-corrected chi connectivity index (χ3v) is 2.04. The van der Waals surface area contributed by atoms with E-state index in [4.69, 9.17) is 0 Å². The van der Waals surface area contributed by atoms with E-state index < -0.39 is 0 Å². The molecule has 0 nitrogen and oxygen atoms in total. The summed E-state index contributed by atoms with van der Waals surface area (Å²) in [6, 6.07) is 10.4. The van der Waals surface area contributed by atoms with E-state index in [1.807, 2.05) is 33.8 Å². The van der Waals surface area contributed by atoms with Gasteiger partial charge in [0, 0.05) is 5.92 Å². The third kappa shape index (κ3) is 6.96. The summed E-state index contributed by atoms with van der Waals surface area (Å²) in [6.07, 6.45) is 0. The molecule has 0 saturated carbocycles. The van der Waals surface area contributed by atoms with E-state index in [9.17, 15) is 0 Å². The van der Waals surface area contributed by atoms with E-state index in [2.05, 4.69) is 44.7 Å². The molecule has 1 aromatic rings. The van der Waals surface area contributed by atoms with Gasteiger partial charge < -0.3 is 0 Å². The van der Waals surface area contributed by atoms with Crippen molar-refractivity contribution in [3.05, 3.63) is 48.0 Å². The molecule has 0 aliphatic heterocycles. The minimum Gasteiger partial charge on any atom is -0.0995 e. The van der Waals surface area contributed by atoms with Gasteiger partial charge in [-0.05, 0) is 12.5 Å². The van der Waals surface area contributed by atoms with E-state index in [0.717, 1.165) is 0 Å². The van der Waals surface area contributed by atoms with Crippen LogP contribution in [-0.4, -0.2) is 0 Å². The molecule has 0 radical (unpaired) electrons. The molecule has 86 valence electrons. The SMILES string of the molecule is C=C(C)C(C)c1ccccc1.CC.CC. The van der Waals surface area contributed by atoms with Gasteiger partial charge in [-0.1, -0.05) is 77.1 Å². The Morgan fingerprint density at radius 2 is 1.40 bits per heavy atom. The number of allylic oxidation sites excluding steroid dienone is 1. The first-order chi connectivity index (χ1) is 7.22.